The van der Waals surface area contributed by atoms with Crippen LogP contribution in [0.25, 0.3) is 0 Å². The van der Waals surface area contributed by atoms with Crippen molar-refractivity contribution in [3.63, 3.8) is 0 Å². The molecule has 0 aliphatic rings. The summed E-state index contributed by atoms with van der Waals surface area (Å²) in [6.45, 7) is 12.6. The first kappa shape index (κ1) is 13.5. The van der Waals surface area contributed by atoms with E-state index < -0.39 is 0 Å². The minimum Gasteiger partial charge on any atom is -0.302 e. The summed E-state index contributed by atoms with van der Waals surface area (Å²) in [6, 6.07) is 0. The van der Waals surface area contributed by atoms with Crippen LogP contribution in [0.2, 0.25) is 0 Å². The van der Waals surface area contributed by atoms with Crippen molar-refractivity contribution in [2.75, 3.05) is 13.1 Å². The predicted octanol–water partition coefficient (Wildman–Crippen LogP) is 1.97. The van der Waals surface area contributed by atoms with Gasteiger partial charge in [0.15, 0.2) is 0 Å². The molecule has 0 heterocycles. The van der Waals surface area contributed by atoms with Crippen molar-refractivity contribution in [1.82, 2.24) is 10.6 Å². The van der Waals surface area contributed by atoms with Gasteiger partial charge in [-0.05, 0) is 26.4 Å². The molecule has 0 bridgehead atoms. The van der Waals surface area contributed by atoms with Gasteiger partial charge >= 0.3 is 0 Å². The molecule has 70 valence electrons. The molecule has 0 amide bonds. The zero-order chi connectivity index (χ0) is 9.11. The van der Waals surface area contributed by atoms with Crippen LogP contribution in [-0.2, 0) is 0 Å². The maximum atomic E-state index is 3.32. The van der Waals surface area contributed by atoms with E-state index >= 15 is 0 Å². The van der Waals surface area contributed by atoms with Crippen molar-refractivity contribution in [3.05, 3.63) is 0 Å². The monoisotopic (exact) mass is 160 g/mol. The Morgan fingerprint density at radius 3 is 2.00 bits per heavy atom. The minimum atomic E-state index is 0.468. The molecule has 1 unspecified atom stereocenters. The second kappa shape index (κ2) is 12.6. The Labute approximate surface area is 71.8 Å². The minimum absolute atomic E-state index is 0.468. The molecule has 0 aromatic carbocycles. The highest BCUT2D eigenvalue weighted by Gasteiger charge is 1.93. The Kier molecular flexibility index (Phi) is 15.4. The lowest BCUT2D eigenvalue weighted by molar-refractivity contribution is 0.465. The van der Waals surface area contributed by atoms with Gasteiger partial charge in [-0.3, -0.25) is 0 Å². The van der Waals surface area contributed by atoms with Crippen LogP contribution in [0.5, 0.6) is 0 Å². The molecule has 1 atom stereocenters. The fourth-order valence-corrected chi connectivity index (χ4v) is 0.739. The molecule has 0 aromatic heterocycles. The highest BCUT2D eigenvalue weighted by atomic mass is 15.1. The van der Waals surface area contributed by atoms with Gasteiger partial charge in [-0.2, -0.15) is 0 Å². The normalized spacial score (nSPS) is 11.7. The molecule has 2 N–H and O–H groups in total. The van der Waals surface area contributed by atoms with Gasteiger partial charge in [0, 0.05) is 0 Å². The predicted molar refractivity (Wildman–Crippen MR) is 52.8 cm³/mol. The fourth-order valence-electron chi connectivity index (χ4n) is 0.739. The van der Waals surface area contributed by atoms with Crippen LogP contribution in [0, 0.1) is 0 Å². The summed E-state index contributed by atoms with van der Waals surface area (Å²) < 4.78 is 0. The van der Waals surface area contributed by atoms with Crippen molar-refractivity contribution in [2.24, 2.45) is 0 Å². The van der Waals surface area contributed by atoms with Crippen molar-refractivity contribution >= 4 is 0 Å². The summed E-state index contributed by atoms with van der Waals surface area (Å²) in [6.07, 6.45) is 1.67. The lowest BCUT2D eigenvalue weighted by Gasteiger charge is -2.12. The second-order valence-electron chi connectivity index (χ2n) is 2.23. The molecule has 0 saturated carbocycles. The molecular weight excluding hydrogens is 136 g/mol. The van der Waals surface area contributed by atoms with Crippen LogP contribution in [0.3, 0.4) is 0 Å². The van der Waals surface area contributed by atoms with E-state index in [-0.39, 0.29) is 0 Å². The Morgan fingerprint density at radius 1 is 1.09 bits per heavy atom. The summed E-state index contributed by atoms with van der Waals surface area (Å²) in [4.78, 5) is 0. The van der Waals surface area contributed by atoms with Crippen molar-refractivity contribution < 1.29 is 0 Å². The molecule has 0 aliphatic heterocycles. The van der Waals surface area contributed by atoms with Crippen LogP contribution in [-0.4, -0.2) is 19.3 Å². The molecule has 0 aliphatic carbocycles. The van der Waals surface area contributed by atoms with Gasteiger partial charge in [-0.15, -0.1) is 0 Å². The first-order valence-electron chi connectivity index (χ1n) is 4.78. The maximum absolute atomic E-state index is 3.32. The average molecular weight is 160 g/mol. The van der Waals surface area contributed by atoms with E-state index in [0.29, 0.717) is 6.17 Å². The Hall–Kier alpha value is -0.0800. The second-order valence-corrected chi connectivity index (χ2v) is 2.23. The van der Waals surface area contributed by atoms with Gasteiger partial charge in [0.25, 0.3) is 0 Å². The van der Waals surface area contributed by atoms with E-state index in [1.165, 1.54) is 6.42 Å². The largest absolute Gasteiger partial charge is 0.302 e. The number of rotatable bonds is 5. The molecule has 2 heteroatoms. The summed E-state index contributed by atoms with van der Waals surface area (Å²) in [5, 5.41) is 6.59. The lowest BCUT2D eigenvalue weighted by atomic mass is 10.4. The lowest BCUT2D eigenvalue weighted by Crippen LogP contribution is -2.39. The van der Waals surface area contributed by atoms with Crippen molar-refractivity contribution in [1.29, 1.82) is 0 Å². The number of nitrogens with one attached hydrogen (secondary N) is 2. The number of hydrogen-bond donors (Lipinski definition) is 2. The molecule has 0 aromatic rings. The summed E-state index contributed by atoms with van der Waals surface area (Å²) >= 11 is 0. The summed E-state index contributed by atoms with van der Waals surface area (Å²) in [5.41, 5.74) is 0. The molecule has 2 nitrogen and oxygen atoms in total. The average Bonchev–Trinajstić information content (AvgIpc) is 2.05. The van der Waals surface area contributed by atoms with E-state index in [9.17, 15) is 0 Å². The zero-order valence-corrected chi connectivity index (χ0v) is 8.70. The smallest absolute Gasteiger partial charge is 0.0542 e. The zero-order valence-electron chi connectivity index (χ0n) is 8.70. The Balaban J connectivity index is 0. The SMILES string of the molecule is CC.CCCNC(C)NCC. The van der Waals surface area contributed by atoms with Gasteiger partial charge in [0.05, 0.1) is 6.17 Å². The Bertz CT molecular complexity index is 55.5. The molecule has 0 saturated heterocycles. The van der Waals surface area contributed by atoms with Gasteiger partial charge in [0.2, 0.25) is 0 Å². The highest BCUT2D eigenvalue weighted by Crippen LogP contribution is 1.75. The number of hydrogen-bond acceptors (Lipinski definition) is 2. The van der Waals surface area contributed by atoms with Gasteiger partial charge in [-0.1, -0.05) is 27.7 Å². The molecular formula is C9H24N2. The van der Waals surface area contributed by atoms with Crippen molar-refractivity contribution in [3.8, 4) is 0 Å². The van der Waals surface area contributed by atoms with Crippen LogP contribution in [0.4, 0.5) is 0 Å². The van der Waals surface area contributed by atoms with E-state index in [1.807, 2.05) is 13.8 Å². The van der Waals surface area contributed by atoms with Crippen LogP contribution >= 0.6 is 0 Å². The molecule has 0 fully saturated rings. The van der Waals surface area contributed by atoms with Crippen LogP contribution < -0.4 is 10.6 Å². The third-order valence-corrected chi connectivity index (χ3v) is 1.21. The van der Waals surface area contributed by atoms with Crippen molar-refractivity contribution in [2.45, 2.75) is 47.2 Å². The standard InChI is InChI=1S/C7H18N2.C2H6/c1-4-6-9-7(3)8-5-2;1-2/h7-9H,4-6H2,1-3H3;1-2H3. The van der Waals surface area contributed by atoms with Gasteiger partial charge in [0.1, 0.15) is 0 Å². The van der Waals surface area contributed by atoms with E-state index in [4.69, 9.17) is 0 Å². The van der Waals surface area contributed by atoms with E-state index in [1.54, 1.807) is 0 Å². The van der Waals surface area contributed by atoms with Gasteiger partial charge < -0.3 is 10.6 Å². The molecule has 0 rings (SSSR count). The van der Waals surface area contributed by atoms with Gasteiger partial charge in [-0.25, -0.2) is 0 Å². The van der Waals surface area contributed by atoms with Crippen LogP contribution in [0.1, 0.15) is 41.0 Å². The highest BCUT2D eigenvalue weighted by molar-refractivity contribution is 4.54. The third kappa shape index (κ3) is 13.0. The third-order valence-electron chi connectivity index (χ3n) is 1.21. The first-order valence-corrected chi connectivity index (χ1v) is 4.78. The quantitative estimate of drug-likeness (QED) is 0.601. The maximum Gasteiger partial charge on any atom is 0.0542 e. The molecule has 11 heavy (non-hydrogen) atoms. The summed E-state index contributed by atoms with van der Waals surface area (Å²) in [7, 11) is 0. The first-order chi connectivity index (χ1) is 5.31. The fraction of sp³-hybridized carbons (Fsp3) is 1.00. The van der Waals surface area contributed by atoms with E-state index in [0.717, 1.165) is 13.1 Å². The summed E-state index contributed by atoms with van der Waals surface area (Å²) in [5.74, 6) is 0. The molecule has 0 radical (unpaired) electrons. The Morgan fingerprint density at radius 2 is 1.64 bits per heavy atom. The van der Waals surface area contributed by atoms with E-state index in [2.05, 4.69) is 31.4 Å². The van der Waals surface area contributed by atoms with Crippen LogP contribution in [0.15, 0.2) is 0 Å². The topological polar surface area (TPSA) is 24.1 Å². The molecule has 0 spiro atoms.